The van der Waals surface area contributed by atoms with Crippen molar-refractivity contribution >= 4 is 0 Å². The molecule has 2 atom stereocenters. The molecular formula is C16H27NO3. The van der Waals surface area contributed by atoms with Gasteiger partial charge in [0, 0.05) is 13.7 Å². The highest BCUT2D eigenvalue weighted by Gasteiger charge is 2.19. The van der Waals surface area contributed by atoms with Gasteiger partial charge in [-0.2, -0.15) is 0 Å². The van der Waals surface area contributed by atoms with Gasteiger partial charge >= 0.3 is 0 Å². The van der Waals surface area contributed by atoms with Crippen LogP contribution in [0.25, 0.3) is 0 Å². The number of hydrogen-bond donors (Lipinski definition) is 1. The predicted molar refractivity (Wildman–Crippen MR) is 81.0 cm³/mol. The summed E-state index contributed by atoms with van der Waals surface area (Å²) in [5, 5.41) is 0. The fourth-order valence-corrected chi connectivity index (χ4v) is 1.79. The van der Waals surface area contributed by atoms with Gasteiger partial charge < -0.3 is 19.9 Å². The van der Waals surface area contributed by atoms with Crippen molar-refractivity contribution < 1.29 is 14.2 Å². The van der Waals surface area contributed by atoms with E-state index in [4.69, 9.17) is 19.9 Å². The van der Waals surface area contributed by atoms with E-state index in [1.165, 1.54) is 0 Å². The van der Waals surface area contributed by atoms with E-state index in [2.05, 4.69) is 0 Å². The number of methoxy groups -OCH3 is 2. The molecule has 1 aromatic carbocycles. The molecule has 0 heterocycles. The Bertz CT molecular complexity index is 389. The molecule has 114 valence electrons. The lowest BCUT2D eigenvalue weighted by molar-refractivity contribution is -0.0279. The monoisotopic (exact) mass is 281 g/mol. The van der Waals surface area contributed by atoms with Gasteiger partial charge in [-0.1, -0.05) is 12.1 Å². The molecule has 0 bridgehead atoms. The van der Waals surface area contributed by atoms with E-state index in [-0.39, 0.29) is 17.7 Å². The van der Waals surface area contributed by atoms with Crippen molar-refractivity contribution in [2.75, 3.05) is 20.8 Å². The Kier molecular flexibility index (Phi) is 6.46. The van der Waals surface area contributed by atoms with Crippen LogP contribution in [0.4, 0.5) is 0 Å². The van der Waals surface area contributed by atoms with Crippen molar-refractivity contribution in [2.24, 2.45) is 5.73 Å². The Hall–Kier alpha value is -1.10. The van der Waals surface area contributed by atoms with E-state index in [0.717, 1.165) is 17.7 Å². The largest absolute Gasteiger partial charge is 0.497 e. The molecule has 1 aromatic rings. The van der Waals surface area contributed by atoms with Crippen LogP contribution >= 0.6 is 0 Å². The van der Waals surface area contributed by atoms with E-state index in [0.29, 0.717) is 6.61 Å². The maximum absolute atomic E-state index is 6.22. The van der Waals surface area contributed by atoms with Gasteiger partial charge in [0.15, 0.2) is 0 Å². The van der Waals surface area contributed by atoms with Crippen LogP contribution in [0.15, 0.2) is 24.3 Å². The number of hydrogen-bond acceptors (Lipinski definition) is 4. The molecule has 0 amide bonds. The average molecular weight is 281 g/mol. The lowest BCUT2D eigenvalue weighted by atomic mass is 10.0. The van der Waals surface area contributed by atoms with Crippen molar-refractivity contribution in [1.29, 1.82) is 0 Å². The molecule has 0 fully saturated rings. The molecule has 0 aliphatic rings. The van der Waals surface area contributed by atoms with Gasteiger partial charge in [0.2, 0.25) is 0 Å². The summed E-state index contributed by atoms with van der Waals surface area (Å²) in [6, 6.07) is 7.63. The second-order valence-electron chi connectivity index (χ2n) is 5.59. The molecular weight excluding hydrogens is 254 g/mol. The van der Waals surface area contributed by atoms with Crippen LogP contribution in [0.3, 0.4) is 0 Å². The third kappa shape index (κ3) is 5.12. The van der Waals surface area contributed by atoms with Gasteiger partial charge in [-0.05, 0) is 44.9 Å². The molecule has 1 rings (SSSR count). The Morgan fingerprint density at radius 2 is 1.75 bits per heavy atom. The SMILES string of the molecule is COc1ccc(C(N)C(C)OCCC(C)(C)OC)cc1. The number of nitrogens with two attached hydrogens (primary N) is 1. The average Bonchev–Trinajstić information content (AvgIpc) is 2.46. The summed E-state index contributed by atoms with van der Waals surface area (Å²) in [7, 11) is 3.37. The quantitative estimate of drug-likeness (QED) is 0.796. The van der Waals surface area contributed by atoms with Gasteiger partial charge in [0.05, 0.1) is 24.9 Å². The zero-order valence-corrected chi connectivity index (χ0v) is 13.2. The van der Waals surface area contributed by atoms with Crippen LogP contribution in [0.5, 0.6) is 5.75 Å². The Balaban J connectivity index is 2.47. The summed E-state index contributed by atoms with van der Waals surface area (Å²) in [5.41, 5.74) is 7.10. The van der Waals surface area contributed by atoms with Crippen LogP contribution in [0.1, 0.15) is 38.8 Å². The van der Waals surface area contributed by atoms with Crippen molar-refractivity contribution in [3.05, 3.63) is 29.8 Å². The highest BCUT2D eigenvalue weighted by Crippen LogP contribution is 2.21. The van der Waals surface area contributed by atoms with E-state index < -0.39 is 0 Å². The standard InChI is InChI=1S/C16H27NO3/c1-12(20-11-10-16(2,3)19-5)15(17)13-6-8-14(18-4)9-7-13/h6-9,12,15H,10-11,17H2,1-5H3. The van der Waals surface area contributed by atoms with E-state index in [1.807, 2.05) is 45.0 Å². The lowest BCUT2D eigenvalue weighted by Crippen LogP contribution is -2.30. The van der Waals surface area contributed by atoms with Crippen molar-refractivity contribution in [2.45, 2.75) is 44.9 Å². The summed E-state index contributed by atoms with van der Waals surface area (Å²) < 4.78 is 16.3. The van der Waals surface area contributed by atoms with Crippen molar-refractivity contribution in [1.82, 2.24) is 0 Å². The first-order valence-electron chi connectivity index (χ1n) is 6.96. The highest BCUT2D eigenvalue weighted by molar-refractivity contribution is 5.29. The smallest absolute Gasteiger partial charge is 0.118 e. The number of benzene rings is 1. The van der Waals surface area contributed by atoms with Crippen LogP contribution in [-0.2, 0) is 9.47 Å². The van der Waals surface area contributed by atoms with E-state index in [9.17, 15) is 0 Å². The summed E-state index contributed by atoms with van der Waals surface area (Å²) in [6.45, 7) is 6.72. The molecule has 0 aliphatic carbocycles. The van der Waals surface area contributed by atoms with Crippen molar-refractivity contribution in [3.63, 3.8) is 0 Å². The first-order chi connectivity index (χ1) is 9.39. The van der Waals surface area contributed by atoms with Crippen LogP contribution in [0.2, 0.25) is 0 Å². The maximum atomic E-state index is 6.22. The van der Waals surface area contributed by atoms with Gasteiger partial charge in [0.25, 0.3) is 0 Å². The van der Waals surface area contributed by atoms with Crippen LogP contribution in [-0.4, -0.2) is 32.5 Å². The third-order valence-electron chi connectivity index (χ3n) is 3.64. The van der Waals surface area contributed by atoms with Crippen molar-refractivity contribution in [3.8, 4) is 5.75 Å². The zero-order chi connectivity index (χ0) is 15.2. The van der Waals surface area contributed by atoms with Crippen LogP contribution in [0, 0.1) is 0 Å². The third-order valence-corrected chi connectivity index (χ3v) is 3.64. The molecule has 0 saturated heterocycles. The number of rotatable bonds is 8. The minimum atomic E-state index is -0.163. The second-order valence-corrected chi connectivity index (χ2v) is 5.59. The maximum Gasteiger partial charge on any atom is 0.118 e. The summed E-state index contributed by atoms with van der Waals surface area (Å²) in [5.74, 6) is 0.830. The Labute approximate surface area is 122 Å². The summed E-state index contributed by atoms with van der Waals surface area (Å²) in [6.07, 6.45) is 0.791. The molecule has 0 saturated carbocycles. The van der Waals surface area contributed by atoms with Gasteiger partial charge in [-0.15, -0.1) is 0 Å². The zero-order valence-electron chi connectivity index (χ0n) is 13.2. The fourth-order valence-electron chi connectivity index (χ4n) is 1.79. The first-order valence-corrected chi connectivity index (χ1v) is 6.96. The highest BCUT2D eigenvalue weighted by atomic mass is 16.5. The number of ether oxygens (including phenoxy) is 3. The topological polar surface area (TPSA) is 53.7 Å². The molecule has 4 heteroatoms. The summed E-state index contributed by atoms with van der Waals surface area (Å²) >= 11 is 0. The summed E-state index contributed by atoms with van der Waals surface area (Å²) in [4.78, 5) is 0. The normalized spacial score (nSPS) is 14.9. The molecule has 0 aliphatic heterocycles. The first kappa shape index (κ1) is 17.0. The molecule has 2 N–H and O–H groups in total. The molecule has 2 unspecified atom stereocenters. The molecule has 20 heavy (non-hydrogen) atoms. The lowest BCUT2D eigenvalue weighted by Gasteiger charge is -2.25. The fraction of sp³-hybridized carbons (Fsp3) is 0.625. The second kappa shape index (κ2) is 7.62. The van der Waals surface area contributed by atoms with E-state index >= 15 is 0 Å². The van der Waals surface area contributed by atoms with Gasteiger partial charge in [-0.3, -0.25) is 0 Å². The van der Waals surface area contributed by atoms with Gasteiger partial charge in [0.1, 0.15) is 5.75 Å². The van der Waals surface area contributed by atoms with Crippen LogP contribution < -0.4 is 10.5 Å². The minimum absolute atomic E-state index is 0.0453. The molecule has 0 aromatic heterocycles. The Morgan fingerprint density at radius 3 is 2.25 bits per heavy atom. The van der Waals surface area contributed by atoms with E-state index in [1.54, 1.807) is 14.2 Å². The predicted octanol–water partition coefficient (Wildman–Crippen LogP) is 2.92. The van der Waals surface area contributed by atoms with Gasteiger partial charge in [-0.25, -0.2) is 0 Å². The molecule has 4 nitrogen and oxygen atoms in total. The Morgan fingerprint density at radius 1 is 1.15 bits per heavy atom. The minimum Gasteiger partial charge on any atom is -0.497 e. The molecule has 0 spiro atoms. The molecule has 0 radical (unpaired) electrons.